The zero-order valence-electron chi connectivity index (χ0n) is 12.4. The van der Waals surface area contributed by atoms with Gasteiger partial charge in [0, 0.05) is 25.8 Å². The van der Waals surface area contributed by atoms with E-state index in [1.54, 1.807) is 0 Å². The molecule has 0 aromatic rings. The van der Waals surface area contributed by atoms with Crippen molar-refractivity contribution in [2.45, 2.75) is 50.7 Å². The van der Waals surface area contributed by atoms with Crippen LogP contribution in [-0.2, 0) is 9.47 Å². The monoisotopic (exact) mass is 270 g/mol. The molecule has 0 amide bonds. The second kappa shape index (κ2) is 8.90. The van der Waals surface area contributed by atoms with Gasteiger partial charge in [0.1, 0.15) is 0 Å². The Morgan fingerprint density at radius 2 is 2.21 bits per heavy atom. The van der Waals surface area contributed by atoms with Gasteiger partial charge in [-0.25, -0.2) is 0 Å². The maximum absolute atomic E-state index is 5.66. The molecule has 2 aliphatic heterocycles. The summed E-state index contributed by atoms with van der Waals surface area (Å²) in [5.74, 6) is 0. The molecule has 0 aliphatic carbocycles. The molecule has 2 fully saturated rings. The highest BCUT2D eigenvalue weighted by Gasteiger charge is 2.18. The van der Waals surface area contributed by atoms with Crippen LogP contribution in [0.1, 0.15) is 38.5 Å². The molecule has 2 rings (SSSR count). The fraction of sp³-hybridized carbons (Fsp3) is 1.00. The Kier molecular flexibility index (Phi) is 7.14. The largest absolute Gasteiger partial charge is 0.379 e. The van der Waals surface area contributed by atoms with Gasteiger partial charge < -0.3 is 19.7 Å². The average Bonchev–Trinajstić information content (AvgIpc) is 2.93. The summed E-state index contributed by atoms with van der Waals surface area (Å²) in [6, 6.07) is 0.738. The standard InChI is InChI=1S/C15H30N2O2/c1-17-9-3-2-6-14(17)12-16-8-5-10-18-13-15-7-4-11-19-15/h14-16H,2-13H2,1H3. The molecule has 0 radical (unpaired) electrons. The van der Waals surface area contributed by atoms with Crippen molar-refractivity contribution in [1.29, 1.82) is 0 Å². The van der Waals surface area contributed by atoms with Crippen molar-refractivity contribution in [3.8, 4) is 0 Å². The van der Waals surface area contributed by atoms with Crippen LogP contribution in [0.15, 0.2) is 0 Å². The predicted molar refractivity (Wildman–Crippen MR) is 77.5 cm³/mol. The first-order valence-electron chi connectivity index (χ1n) is 7.96. The highest BCUT2D eigenvalue weighted by Crippen LogP contribution is 2.14. The zero-order chi connectivity index (χ0) is 13.3. The van der Waals surface area contributed by atoms with E-state index < -0.39 is 0 Å². The molecule has 0 aromatic heterocycles. The van der Waals surface area contributed by atoms with Crippen molar-refractivity contribution < 1.29 is 9.47 Å². The van der Waals surface area contributed by atoms with Gasteiger partial charge in [-0.3, -0.25) is 0 Å². The van der Waals surface area contributed by atoms with Crippen molar-refractivity contribution in [2.75, 3.05) is 46.5 Å². The fourth-order valence-electron chi connectivity index (χ4n) is 2.96. The van der Waals surface area contributed by atoms with Crippen LogP contribution < -0.4 is 5.32 Å². The number of hydrogen-bond acceptors (Lipinski definition) is 4. The van der Waals surface area contributed by atoms with E-state index >= 15 is 0 Å². The summed E-state index contributed by atoms with van der Waals surface area (Å²) in [6.07, 6.45) is 7.94. The molecule has 19 heavy (non-hydrogen) atoms. The van der Waals surface area contributed by atoms with E-state index in [1.807, 2.05) is 0 Å². The van der Waals surface area contributed by atoms with Crippen molar-refractivity contribution in [1.82, 2.24) is 10.2 Å². The number of piperidine rings is 1. The first kappa shape index (κ1) is 15.2. The quantitative estimate of drug-likeness (QED) is 0.680. The maximum Gasteiger partial charge on any atom is 0.0809 e. The summed E-state index contributed by atoms with van der Waals surface area (Å²) < 4.78 is 11.2. The predicted octanol–water partition coefficient (Wildman–Crippen LogP) is 1.65. The average molecular weight is 270 g/mol. The summed E-state index contributed by atoms with van der Waals surface area (Å²) in [7, 11) is 2.25. The van der Waals surface area contributed by atoms with E-state index in [0.717, 1.165) is 45.4 Å². The Hall–Kier alpha value is -0.160. The maximum atomic E-state index is 5.66. The summed E-state index contributed by atoms with van der Waals surface area (Å²) in [6.45, 7) is 6.01. The number of ether oxygens (including phenoxy) is 2. The topological polar surface area (TPSA) is 33.7 Å². The minimum absolute atomic E-state index is 0.365. The van der Waals surface area contributed by atoms with Crippen LogP contribution in [0.25, 0.3) is 0 Å². The molecule has 2 heterocycles. The molecule has 2 unspecified atom stereocenters. The Balaban J connectivity index is 1.39. The zero-order valence-corrected chi connectivity index (χ0v) is 12.4. The van der Waals surface area contributed by atoms with E-state index in [-0.39, 0.29) is 0 Å². The molecule has 4 nitrogen and oxygen atoms in total. The molecule has 1 N–H and O–H groups in total. The number of nitrogens with zero attached hydrogens (tertiary/aromatic N) is 1. The van der Waals surface area contributed by atoms with Gasteiger partial charge in [-0.05, 0) is 52.2 Å². The van der Waals surface area contributed by atoms with Crippen LogP contribution in [0.5, 0.6) is 0 Å². The molecule has 2 aliphatic rings. The third-order valence-corrected chi connectivity index (χ3v) is 4.27. The van der Waals surface area contributed by atoms with Gasteiger partial charge in [0.05, 0.1) is 12.7 Å². The SMILES string of the molecule is CN1CCCCC1CNCCCOCC1CCCO1. The molecule has 4 heteroatoms. The van der Waals surface area contributed by atoms with Gasteiger partial charge in [-0.15, -0.1) is 0 Å². The van der Waals surface area contributed by atoms with Gasteiger partial charge in [-0.2, -0.15) is 0 Å². The van der Waals surface area contributed by atoms with Crippen LogP contribution in [0.3, 0.4) is 0 Å². The number of hydrogen-bond donors (Lipinski definition) is 1. The highest BCUT2D eigenvalue weighted by atomic mass is 16.5. The Bertz CT molecular complexity index is 232. The molecular weight excluding hydrogens is 240 g/mol. The first-order valence-corrected chi connectivity index (χ1v) is 7.96. The first-order chi connectivity index (χ1) is 9.36. The Labute approximate surface area is 117 Å². The molecule has 0 spiro atoms. The van der Waals surface area contributed by atoms with E-state index in [9.17, 15) is 0 Å². The summed E-state index contributed by atoms with van der Waals surface area (Å²) >= 11 is 0. The lowest BCUT2D eigenvalue weighted by Gasteiger charge is -2.32. The normalized spacial score (nSPS) is 28.9. The van der Waals surface area contributed by atoms with Gasteiger partial charge in [0.15, 0.2) is 0 Å². The highest BCUT2D eigenvalue weighted by molar-refractivity contribution is 4.75. The Morgan fingerprint density at radius 1 is 1.26 bits per heavy atom. The lowest BCUT2D eigenvalue weighted by molar-refractivity contribution is 0.0165. The van der Waals surface area contributed by atoms with E-state index in [0.29, 0.717) is 6.10 Å². The van der Waals surface area contributed by atoms with E-state index in [2.05, 4.69) is 17.3 Å². The van der Waals surface area contributed by atoms with E-state index in [1.165, 1.54) is 38.6 Å². The minimum atomic E-state index is 0.365. The third kappa shape index (κ3) is 5.78. The van der Waals surface area contributed by atoms with Gasteiger partial charge in [0.25, 0.3) is 0 Å². The molecule has 0 saturated carbocycles. The molecule has 2 atom stereocenters. The van der Waals surface area contributed by atoms with Crippen LogP contribution in [-0.4, -0.2) is 63.5 Å². The summed E-state index contributed by atoms with van der Waals surface area (Å²) in [5, 5.41) is 3.56. The van der Waals surface area contributed by atoms with Crippen LogP contribution in [0.4, 0.5) is 0 Å². The lowest BCUT2D eigenvalue weighted by Crippen LogP contribution is -2.43. The number of likely N-dealkylation sites (tertiary alicyclic amines) is 1. The smallest absolute Gasteiger partial charge is 0.0809 e. The van der Waals surface area contributed by atoms with Crippen molar-refractivity contribution in [3.63, 3.8) is 0 Å². The molecular formula is C15H30N2O2. The minimum Gasteiger partial charge on any atom is -0.379 e. The molecule has 0 aromatic carbocycles. The van der Waals surface area contributed by atoms with E-state index in [4.69, 9.17) is 9.47 Å². The number of likely N-dealkylation sites (N-methyl/N-ethyl adjacent to an activating group) is 1. The van der Waals surface area contributed by atoms with Crippen molar-refractivity contribution >= 4 is 0 Å². The second-order valence-corrected chi connectivity index (χ2v) is 5.90. The van der Waals surface area contributed by atoms with Gasteiger partial charge >= 0.3 is 0 Å². The molecule has 112 valence electrons. The number of rotatable bonds is 8. The van der Waals surface area contributed by atoms with Gasteiger partial charge in [-0.1, -0.05) is 6.42 Å². The van der Waals surface area contributed by atoms with Crippen molar-refractivity contribution in [2.24, 2.45) is 0 Å². The second-order valence-electron chi connectivity index (χ2n) is 5.90. The summed E-state index contributed by atoms with van der Waals surface area (Å²) in [4.78, 5) is 2.49. The molecule has 2 saturated heterocycles. The van der Waals surface area contributed by atoms with Crippen LogP contribution in [0, 0.1) is 0 Å². The molecule has 0 bridgehead atoms. The Morgan fingerprint density at radius 3 is 3.00 bits per heavy atom. The van der Waals surface area contributed by atoms with Gasteiger partial charge in [0.2, 0.25) is 0 Å². The fourth-order valence-corrected chi connectivity index (χ4v) is 2.96. The lowest BCUT2D eigenvalue weighted by atomic mass is 10.0. The number of nitrogens with one attached hydrogen (secondary N) is 1. The third-order valence-electron chi connectivity index (χ3n) is 4.27. The van der Waals surface area contributed by atoms with Crippen LogP contribution in [0.2, 0.25) is 0 Å². The van der Waals surface area contributed by atoms with Crippen LogP contribution >= 0.6 is 0 Å². The van der Waals surface area contributed by atoms with Crippen molar-refractivity contribution in [3.05, 3.63) is 0 Å². The summed E-state index contributed by atoms with van der Waals surface area (Å²) in [5.41, 5.74) is 0.